The molecule has 0 heterocycles. The number of carboxylic acid groups (broad SMARTS) is 1. The van der Waals surface area contributed by atoms with Gasteiger partial charge in [0.15, 0.2) is 0 Å². The van der Waals surface area contributed by atoms with E-state index in [1.807, 2.05) is 0 Å². The van der Waals surface area contributed by atoms with Gasteiger partial charge in [-0.2, -0.15) is 0 Å². The maximum absolute atomic E-state index is 13.5. The van der Waals surface area contributed by atoms with E-state index in [-0.39, 0.29) is 22.7 Å². The number of benzene rings is 4. The number of amides is 3. The molecule has 0 spiro atoms. The molecule has 12 heteroatoms. The second-order valence-electron chi connectivity index (χ2n) is 9.34. The van der Waals surface area contributed by atoms with Gasteiger partial charge in [-0.3, -0.25) is 14.4 Å². The number of methoxy groups -OCH3 is 2. The van der Waals surface area contributed by atoms with Gasteiger partial charge in [-0.25, -0.2) is 4.79 Å². The van der Waals surface area contributed by atoms with Crippen LogP contribution in [0.15, 0.2) is 102 Å². The maximum Gasteiger partial charge on any atom is 0.339 e. The predicted molar refractivity (Wildman–Crippen MR) is 171 cm³/mol. The lowest BCUT2D eigenvalue weighted by atomic mass is 10.1. The van der Waals surface area contributed by atoms with E-state index in [9.17, 15) is 29.4 Å². The summed E-state index contributed by atoms with van der Waals surface area (Å²) in [6.45, 7) is 0. The van der Waals surface area contributed by atoms with Crippen LogP contribution in [0.25, 0.3) is 6.08 Å². The summed E-state index contributed by atoms with van der Waals surface area (Å²) in [7, 11) is 3.00. The fourth-order valence-corrected chi connectivity index (χ4v) is 4.80. The van der Waals surface area contributed by atoms with Crippen molar-refractivity contribution in [2.75, 3.05) is 30.6 Å². The molecular formula is C33H29N3O8S. The van der Waals surface area contributed by atoms with E-state index in [2.05, 4.69) is 16.0 Å². The fourth-order valence-electron chi connectivity index (χ4n) is 4.04. The molecule has 4 aromatic rings. The van der Waals surface area contributed by atoms with Gasteiger partial charge in [-0.05, 0) is 72.8 Å². The smallest absolute Gasteiger partial charge is 0.339 e. The van der Waals surface area contributed by atoms with Crippen molar-refractivity contribution in [1.29, 1.82) is 0 Å². The number of carbonyl (C=O) groups excluding carboxylic acids is 3. The predicted octanol–water partition coefficient (Wildman–Crippen LogP) is 5.25. The standard InChI is InChI=1S/C33H29N3O8S/c1-43-24-12-14-29(44-2)21(15-24)16-27(36-31(39)20-7-4-3-5-8-20)32(40)35-22-9-6-10-25(17-22)45-19-30(38)34-23-11-13-28(37)26(18-23)33(41)42/h3-18,37H,19H2,1-2H3,(H,34,38)(H,35,40)(H,36,39)(H,41,42)/b27-16+. The molecule has 5 N–H and O–H groups in total. The van der Waals surface area contributed by atoms with E-state index in [4.69, 9.17) is 9.47 Å². The number of rotatable bonds is 12. The highest BCUT2D eigenvalue weighted by atomic mass is 32.2. The first kappa shape index (κ1) is 32.2. The highest BCUT2D eigenvalue weighted by Gasteiger charge is 2.17. The number of ether oxygens (including phenoxy) is 2. The van der Waals surface area contributed by atoms with Gasteiger partial charge in [0.05, 0.1) is 20.0 Å². The number of anilines is 2. The van der Waals surface area contributed by atoms with Crippen molar-refractivity contribution in [2.45, 2.75) is 4.90 Å². The molecule has 4 rings (SSSR count). The third kappa shape index (κ3) is 8.88. The Bertz CT molecular complexity index is 1760. The Morgan fingerprint density at radius 1 is 0.822 bits per heavy atom. The van der Waals surface area contributed by atoms with Crippen LogP contribution in [0, 0.1) is 0 Å². The summed E-state index contributed by atoms with van der Waals surface area (Å²) in [5, 5.41) is 26.9. The van der Waals surface area contributed by atoms with E-state index in [1.54, 1.807) is 72.8 Å². The lowest BCUT2D eigenvalue weighted by Gasteiger charge is -2.14. The second-order valence-corrected chi connectivity index (χ2v) is 10.4. The summed E-state index contributed by atoms with van der Waals surface area (Å²) >= 11 is 1.19. The second kappa shape index (κ2) is 15.1. The van der Waals surface area contributed by atoms with Crippen LogP contribution in [0.2, 0.25) is 0 Å². The minimum absolute atomic E-state index is 0.0192. The molecule has 0 bridgehead atoms. The Hall–Kier alpha value is -5.75. The van der Waals surface area contributed by atoms with Crippen molar-refractivity contribution < 1.29 is 38.9 Å². The van der Waals surface area contributed by atoms with E-state index in [0.717, 1.165) is 0 Å². The van der Waals surface area contributed by atoms with Crippen LogP contribution < -0.4 is 25.4 Å². The molecule has 11 nitrogen and oxygen atoms in total. The molecule has 45 heavy (non-hydrogen) atoms. The van der Waals surface area contributed by atoms with Crippen LogP contribution >= 0.6 is 11.8 Å². The Labute approximate surface area is 262 Å². The number of nitrogens with one attached hydrogen (secondary N) is 3. The number of hydrogen-bond acceptors (Lipinski definition) is 8. The normalized spacial score (nSPS) is 10.8. The number of hydrogen-bond donors (Lipinski definition) is 5. The minimum atomic E-state index is -1.32. The third-order valence-electron chi connectivity index (χ3n) is 6.24. The van der Waals surface area contributed by atoms with Gasteiger partial charge in [0.2, 0.25) is 5.91 Å². The van der Waals surface area contributed by atoms with Crippen molar-refractivity contribution in [1.82, 2.24) is 5.32 Å². The molecule has 0 aromatic heterocycles. The number of carboxylic acids is 1. The third-order valence-corrected chi connectivity index (χ3v) is 7.23. The molecule has 0 saturated heterocycles. The molecule has 230 valence electrons. The number of carbonyl (C=O) groups is 4. The Morgan fingerprint density at radius 2 is 1.58 bits per heavy atom. The molecule has 4 aromatic carbocycles. The average Bonchev–Trinajstić information content (AvgIpc) is 3.04. The summed E-state index contributed by atoms with van der Waals surface area (Å²) in [4.78, 5) is 51.0. The van der Waals surface area contributed by atoms with E-state index >= 15 is 0 Å². The first-order chi connectivity index (χ1) is 21.7. The summed E-state index contributed by atoms with van der Waals surface area (Å²) in [5.74, 6) is -2.27. The Kier molecular flexibility index (Phi) is 10.8. The number of aromatic hydroxyl groups is 1. The highest BCUT2D eigenvalue weighted by molar-refractivity contribution is 8.00. The van der Waals surface area contributed by atoms with Crippen molar-refractivity contribution in [2.24, 2.45) is 0 Å². The molecule has 0 aliphatic heterocycles. The molecule has 0 aliphatic carbocycles. The first-order valence-electron chi connectivity index (χ1n) is 13.4. The zero-order chi connectivity index (χ0) is 32.3. The van der Waals surface area contributed by atoms with E-state index in [1.165, 1.54) is 50.3 Å². The molecule has 0 saturated carbocycles. The van der Waals surface area contributed by atoms with Gasteiger partial charge < -0.3 is 35.6 Å². The van der Waals surface area contributed by atoms with Crippen molar-refractivity contribution >= 4 is 52.9 Å². The van der Waals surface area contributed by atoms with Crippen molar-refractivity contribution in [3.8, 4) is 17.2 Å². The fraction of sp³-hybridized carbons (Fsp3) is 0.0909. The monoisotopic (exact) mass is 627 g/mol. The Balaban J connectivity index is 1.50. The molecule has 0 unspecified atom stereocenters. The van der Waals surface area contributed by atoms with Gasteiger partial charge in [-0.15, -0.1) is 11.8 Å². The highest BCUT2D eigenvalue weighted by Crippen LogP contribution is 2.27. The minimum Gasteiger partial charge on any atom is -0.507 e. The number of phenols is 1. The molecule has 0 radical (unpaired) electrons. The molecular weight excluding hydrogens is 598 g/mol. The largest absolute Gasteiger partial charge is 0.507 e. The van der Waals surface area contributed by atoms with Crippen LogP contribution in [0.4, 0.5) is 11.4 Å². The number of aromatic carboxylic acids is 1. The van der Waals surface area contributed by atoms with Crippen LogP contribution in [0.1, 0.15) is 26.3 Å². The van der Waals surface area contributed by atoms with Gasteiger partial charge in [0.1, 0.15) is 28.5 Å². The van der Waals surface area contributed by atoms with Crippen LogP contribution in [-0.4, -0.2) is 53.9 Å². The number of thioether (sulfide) groups is 1. The van der Waals surface area contributed by atoms with Crippen molar-refractivity contribution in [3.63, 3.8) is 0 Å². The zero-order valence-electron chi connectivity index (χ0n) is 24.2. The maximum atomic E-state index is 13.5. The first-order valence-corrected chi connectivity index (χ1v) is 14.4. The van der Waals surface area contributed by atoms with E-state index < -0.39 is 29.4 Å². The average molecular weight is 628 g/mol. The quantitative estimate of drug-likeness (QED) is 0.0802. The zero-order valence-corrected chi connectivity index (χ0v) is 25.0. The van der Waals surface area contributed by atoms with E-state index in [0.29, 0.717) is 33.2 Å². The summed E-state index contributed by atoms with van der Waals surface area (Å²) in [5.41, 5.74) is 1.10. The molecule has 0 atom stereocenters. The summed E-state index contributed by atoms with van der Waals surface area (Å²) in [6, 6.07) is 24.0. The van der Waals surface area contributed by atoms with Crippen molar-refractivity contribution in [3.05, 3.63) is 113 Å². The van der Waals surface area contributed by atoms with Crippen LogP contribution in [-0.2, 0) is 9.59 Å². The van der Waals surface area contributed by atoms with Crippen LogP contribution in [0.3, 0.4) is 0 Å². The van der Waals surface area contributed by atoms with Gasteiger partial charge in [0.25, 0.3) is 11.8 Å². The summed E-state index contributed by atoms with van der Waals surface area (Å²) < 4.78 is 10.7. The molecule has 3 amide bonds. The Morgan fingerprint density at radius 3 is 2.29 bits per heavy atom. The molecule has 0 aliphatic rings. The lowest BCUT2D eigenvalue weighted by molar-refractivity contribution is -0.114. The topological polar surface area (TPSA) is 163 Å². The van der Waals surface area contributed by atoms with Crippen LogP contribution in [0.5, 0.6) is 17.2 Å². The van der Waals surface area contributed by atoms with Gasteiger partial charge >= 0.3 is 5.97 Å². The molecule has 0 fully saturated rings. The summed E-state index contributed by atoms with van der Waals surface area (Å²) in [6.07, 6.45) is 1.49. The SMILES string of the molecule is COc1ccc(OC)c(/C=C(/NC(=O)c2ccccc2)C(=O)Nc2cccc(SCC(=O)Nc3ccc(O)c(C(=O)O)c3)c2)c1. The van der Waals surface area contributed by atoms with Gasteiger partial charge in [-0.1, -0.05) is 24.3 Å². The lowest BCUT2D eigenvalue weighted by Crippen LogP contribution is -2.30. The van der Waals surface area contributed by atoms with Gasteiger partial charge in [0, 0.05) is 27.4 Å².